The second-order valence-electron chi connectivity index (χ2n) is 5.07. The van der Waals surface area contributed by atoms with Gasteiger partial charge in [0, 0.05) is 24.0 Å². The predicted octanol–water partition coefficient (Wildman–Crippen LogP) is 3.84. The quantitative estimate of drug-likeness (QED) is 0.669. The summed E-state index contributed by atoms with van der Waals surface area (Å²) in [6.07, 6.45) is 2.98. The monoisotopic (exact) mass is 383 g/mol. The average molecular weight is 384 g/mol. The Morgan fingerprint density at radius 3 is 2.96 bits per heavy atom. The van der Waals surface area contributed by atoms with Crippen LogP contribution in [0.15, 0.2) is 45.5 Å². The van der Waals surface area contributed by atoms with E-state index in [1.54, 1.807) is 18.4 Å². The molecule has 0 atom stereocenters. The maximum atomic E-state index is 13.6. The molecule has 0 saturated carbocycles. The van der Waals surface area contributed by atoms with Crippen molar-refractivity contribution in [3.63, 3.8) is 0 Å². The van der Waals surface area contributed by atoms with Crippen LogP contribution in [0.4, 0.5) is 4.39 Å². The van der Waals surface area contributed by atoms with Crippen LogP contribution in [0.1, 0.15) is 24.2 Å². The summed E-state index contributed by atoms with van der Waals surface area (Å²) in [5.41, 5.74) is 0.546. The number of amides is 1. The Morgan fingerprint density at radius 2 is 2.22 bits per heavy atom. The molecule has 0 fully saturated rings. The number of hydrogen-bond donors (Lipinski definition) is 1. The van der Waals surface area contributed by atoms with Crippen LogP contribution in [0.3, 0.4) is 0 Å². The Kier molecular flexibility index (Phi) is 7.29. The van der Waals surface area contributed by atoms with Crippen molar-refractivity contribution in [2.24, 2.45) is 0 Å². The van der Waals surface area contributed by atoms with Gasteiger partial charge in [-0.3, -0.25) is 4.79 Å². The highest BCUT2D eigenvalue weighted by atomic mass is 79.9. The molecule has 0 aliphatic rings. The molecule has 2 aromatic rings. The van der Waals surface area contributed by atoms with E-state index < -0.39 is 0 Å². The molecular formula is C17H19BrFNO3. The van der Waals surface area contributed by atoms with Crippen LogP contribution in [0.2, 0.25) is 0 Å². The number of halogens is 2. The van der Waals surface area contributed by atoms with Crippen molar-refractivity contribution in [3.05, 3.63) is 58.2 Å². The van der Waals surface area contributed by atoms with Gasteiger partial charge >= 0.3 is 0 Å². The lowest BCUT2D eigenvalue weighted by Gasteiger charge is -2.06. The van der Waals surface area contributed by atoms with Gasteiger partial charge in [0.25, 0.3) is 0 Å². The van der Waals surface area contributed by atoms with Gasteiger partial charge in [0.1, 0.15) is 18.2 Å². The van der Waals surface area contributed by atoms with Crippen molar-refractivity contribution in [2.75, 3.05) is 13.2 Å². The van der Waals surface area contributed by atoms with Crippen LogP contribution < -0.4 is 5.32 Å². The minimum absolute atomic E-state index is 0.0849. The van der Waals surface area contributed by atoms with Gasteiger partial charge in [0.2, 0.25) is 5.91 Å². The fraction of sp³-hybridized carbons (Fsp3) is 0.353. The Balaban J connectivity index is 1.54. The molecule has 124 valence electrons. The second-order valence-corrected chi connectivity index (χ2v) is 5.99. The second kappa shape index (κ2) is 9.47. The third-order valence-corrected chi connectivity index (χ3v) is 3.74. The number of hydrogen-bond acceptors (Lipinski definition) is 3. The van der Waals surface area contributed by atoms with E-state index in [2.05, 4.69) is 21.2 Å². The summed E-state index contributed by atoms with van der Waals surface area (Å²) >= 11 is 3.21. The molecule has 1 N–H and O–H groups in total. The molecule has 4 nitrogen and oxygen atoms in total. The lowest BCUT2D eigenvalue weighted by Crippen LogP contribution is -2.25. The summed E-state index contributed by atoms with van der Waals surface area (Å²) in [6.45, 7) is 1.52. The van der Waals surface area contributed by atoms with Crippen molar-refractivity contribution in [2.45, 2.75) is 25.9 Å². The Bertz CT molecular complexity index is 616. The van der Waals surface area contributed by atoms with Crippen LogP contribution >= 0.6 is 15.9 Å². The highest BCUT2D eigenvalue weighted by molar-refractivity contribution is 9.10. The summed E-state index contributed by atoms with van der Waals surface area (Å²) in [7, 11) is 0. The molecule has 2 rings (SSSR count). The molecule has 23 heavy (non-hydrogen) atoms. The van der Waals surface area contributed by atoms with Crippen LogP contribution in [0.5, 0.6) is 0 Å². The normalized spacial score (nSPS) is 10.7. The Labute approximate surface area is 143 Å². The molecule has 1 heterocycles. The first-order valence-corrected chi connectivity index (χ1v) is 8.25. The maximum Gasteiger partial charge on any atom is 0.220 e. The van der Waals surface area contributed by atoms with Gasteiger partial charge in [-0.05, 0) is 42.7 Å². The van der Waals surface area contributed by atoms with E-state index in [9.17, 15) is 9.18 Å². The van der Waals surface area contributed by atoms with Crippen molar-refractivity contribution in [1.82, 2.24) is 5.32 Å². The van der Waals surface area contributed by atoms with Gasteiger partial charge in [-0.2, -0.15) is 0 Å². The molecule has 0 saturated heterocycles. The molecule has 1 aromatic carbocycles. The predicted molar refractivity (Wildman–Crippen MR) is 88.4 cm³/mol. The van der Waals surface area contributed by atoms with Crippen molar-refractivity contribution in [1.29, 1.82) is 0 Å². The van der Waals surface area contributed by atoms with Crippen molar-refractivity contribution in [3.8, 4) is 0 Å². The minimum Gasteiger partial charge on any atom is -0.467 e. The number of furan rings is 1. The summed E-state index contributed by atoms with van der Waals surface area (Å²) in [5.74, 6) is 0.405. The van der Waals surface area contributed by atoms with Crippen LogP contribution in [-0.2, 0) is 22.6 Å². The summed E-state index contributed by atoms with van der Waals surface area (Å²) in [4.78, 5) is 11.7. The molecule has 0 radical (unpaired) electrons. The minimum atomic E-state index is -0.293. The Morgan fingerprint density at radius 1 is 1.35 bits per heavy atom. The molecule has 1 aromatic heterocycles. The fourth-order valence-corrected chi connectivity index (χ4v) is 2.36. The lowest BCUT2D eigenvalue weighted by molar-refractivity contribution is -0.121. The van der Waals surface area contributed by atoms with Gasteiger partial charge < -0.3 is 14.5 Å². The van der Waals surface area contributed by atoms with Crippen LogP contribution in [0, 0.1) is 5.82 Å². The van der Waals surface area contributed by atoms with E-state index in [-0.39, 0.29) is 18.1 Å². The Hall–Kier alpha value is -1.66. The van der Waals surface area contributed by atoms with E-state index in [1.807, 2.05) is 12.1 Å². The molecule has 0 aliphatic carbocycles. The molecule has 0 aliphatic heterocycles. The topological polar surface area (TPSA) is 51.5 Å². The molecule has 1 amide bonds. The zero-order valence-electron chi connectivity index (χ0n) is 12.7. The van der Waals surface area contributed by atoms with Gasteiger partial charge in [-0.25, -0.2) is 4.39 Å². The highest BCUT2D eigenvalue weighted by Crippen LogP contribution is 2.16. The SMILES string of the molecule is O=C(CCc1ccc(Br)cc1F)NCCCOCc1ccco1. The number of carbonyl (C=O) groups excluding carboxylic acids is 1. The number of ether oxygens (including phenoxy) is 1. The molecular weight excluding hydrogens is 365 g/mol. The smallest absolute Gasteiger partial charge is 0.220 e. The van der Waals surface area contributed by atoms with Crippen LogP contribution in [0.25, 0.3) is 0 Å². The van der Waals surface area contributed by atoms with E-state index in [4.69, 9.17) is 9.15 Å². The molecule has 0 unspecified atom stereocenters. The average Bonchev–Trinajstić information content (AvgIpc) is 3.03. The highest BCUT2D eigenvalue weighted by Gasteiger charge is 2.06. The van der Waals surface area contributed by atoms with Gasteiger partial charge in [-0.1, -0.05) is 22.0 Å². The number of carbonyl (C=O) groups is 1. The summed E-state index contributed by atoms with van der Waals surface area (Å²) < 4.78 is 24.9. The van der Waals surface area contributed by atoms with E-state index >= 15 is 0 Å². The first-order chi connectivity index (χ1) is 11.1. The standard InChI is InChI=1S/C17H19BrFNO3/c18-14-6-4-13(16(19)11-14)5-7-17(21)20-8-2-9-22-12-15-3-1-10-23-15/h1,3-4,6,10-11H,2,5,7-9,12H2,(H,20,21). The van der Waals surface area contributed by atoms with Crippen molar-refractivity contribution >= 4 is 21.8 Å². The first kappa shape index (κ1) is 17.7. The summed E-state index contributed by atoms with van der Waals surface area (Å²) in [5, 5.41) is 2.80. The zero-order chi connectivity index (χ0) is 16.5. The number of benzene rings is 1. The van der Waals surface area contributed by atoms with Gasteiger partial charge in [-0.15, -0.1) is 0 Å². The largest absolute Gasteiger partial charge is 0.467 e. The van der Waals surface area contributed by atoms with E-state index in [0.29, 0.717) is 36.2 Å². The summed E-state index contributed by atoms with van der Waals surface area (Å²) in [6, 6.07) is 8.53. The zero-order valence-corrected chi connectivity index (χ0v) is 14.3. The number of aryl methyl sites for hydroxylation is 1. The molecule has 6 heteroatoms. The fourth-order valence-electron chi connectivity index (χ4n) is 2.03. The van der Waals surface area contributed by atoms with Crippen molar-refractivity contribution < 1.29 is 18.3 Å². The maximum absolute atomic E-state index is 13.6. The third-order valence-electron chi connectivity index (χ3n) is 3.25. The first-order valence-electron chi connectivity index (χ1n) is 7.46. The van der Waals surface area contributed by atoms with Crippen LogP contribution in [-0.4, -0.2) is 19.1 Å². The molecule has 0 spiro atoms. The van der Waals surface area contributed by atoms with Gasteiger partial charge in [0.05, 0.1) is 6.26 Å². The third kappa shape index (κ3) is 6.54. The lowest BCUT2D eigenvalue weighted by atomic mass is 10.1. The molecule has 0 bridgehead atoms. The number of rotatable bonds is 9. The van der Waals surface area contributed by atoms with E-state index in [0.717, 1.165) is 12.2 Å². The number of nitrogens with one attached hydrogen (secondary N) is 1. The van der Waals surface area contributed by atoms with Gasteiger partial charge in [0.15, 0.2) is 0 Å². The van der Waals surface area contributed by atoms with E-state index in [1.165, 1.54) is 6.07 Å².